The van der Waals surface area contributed by atoms with Crippen molar-refractivity contribution in [1.82, 2.24) is 5.16 Å². The monoisotopic (exact) mass is 285 g/mol. The molecule has 0 radical (unpaired) electrons. The van der Waals surface area contributed by atoms with E-state index in [0.717, 1.165) is 24.2 Å². The molecular weight excluding hydrogens is 266 g/mol. The number of nitrogens with one attached hydrogen (secondary N) is 1. The van der Waals surface area contributed by atoms with Crippen LogP contribution in [-0.2, 0) is 11.2 Å². The van der Waals surface area contributed by atoms with Crippen LogP contribution in [0.25, 0.3) is 0 Å². The Bertz CT molecular complexity index is 650. The molecular formula is C16H19N3O2. The number of benzene rings is 1. The predicted octanol–water partition coefficient (Wildman–Crippen LogP) is 2.76. The van der Waals surface area contributed by atoms with Gasteiger partial charge in [-0.1, -0.05) is 23.4 Å². The molecule has 1 N–H and O–H groups in total. The highest BCUT2D eigenvalue weighted by atomic mass is 16.5. The molecule has 1 aromatic heterocycles. The average Bonchev–Trinajstić information content (AvgIpc) is 2.87. The van der Waals surface area contributed by atoms with E-state index in [0.29, 0.717) is 18.5 Å². The van der Waals surface area contributed by atoms with E-state index in [2.05, 4.69) is 34.4 Å². The Hall–Kier alpha value is -2.30. The lowest BCUT2D eigenvalue weighted by molar-refractivity contribution is -0.115. The third-order valence-corrected chi connectivity index (χ3v) is 3.87. The van der Waals surface area contributed by atoms with Crippen molar-refractivity contribution in [3.05, 3.63) is 41.6 Å². The molecule has 0 fully saturated rings. The Balaban J connectivity index is 1.73. The Morgan fingerprint density at radius 3 is 3.05 bits per heavy atom. The number of nitrogens with zero attached hydrogens (tertiary/aromatic N) is 2. The number of fused-ring (bicyclic) bond motifs is 1. The Morgan fingerprint density at radius 1 is 1.48 bits per heavy atom. The molecule has 2 aromatic rings. The molecule has 0 bridgehead atoms. The summed E-state index contributed by atoms with van der Waals surface area (Å²) in [5.41, 5.74) is 3.21. The molecule has 1 aliphatic heterocycles. The summed E-state index contributed by atoms with van der Waals surface area (Å²) >= 11 is 0. The van der Waals surface area contributed by atoms with Gasteiger partial charge in [-0.3, -0.25) is 10.1 Å². The second kappa shape index (κ2) is 5.60. The second-order valence-corrected chi connectivity index (χ2v) is 5.53. The van der Waals surface area contributed by atoms with Crippen LogP contribution in [0.1, 0.15) is 24.6 Å². The summed E-state index contributed by atoms with van der Waals surface area (Å²) in [5.74, 6) is 0.310. The number of anilines is 2. The van der Waals surface area contributed by atoms with E-state index in [4.69, 9.17) is 4.52 Å². The molecule has 1 amide bonds. The molecule has 0 spiro atoms. The highest BCUT2D eigenvalue weighted by Gasteiger charge is 2.24. The highest BCUT2D eigenvalue weighted by Crippen LogP contribution is 2.30. The van der Waals surface area contributed by atoms with Gasteiger partial charge in [-0.05, 0) is 38.3 Å². The summed E-state index contributed by atoms with van der Waals surface area (Å²) in [6.45, 7) is 4.29. The zero-order chi connectivity index (χ0) is 14.8. The van der Waals surface area contributed by atoms with Gasteiger partial charge >= 0.3 is 0 Å². The molecule has 1 aromatic carbocycles. The SMILES string of the molecule is Cc1cc(NC(=O)CN2c3ccccc3CC[C@H]2C)on1. The van der Waals surface area contributed by atoms with E-state index in [1.54, 1.807) is 6.07 Å². The number of hydrogen-bond donors (Lipinski definition) is 1. The van der Waals surface area contributed by atoms with Gasteiger partial charge in [-0.15, -0.1) is 0 Å². The standard InChI is InChI=1S/C16H19N3O2/c1-11-9-16(21-18-11)17-15(20)10-19-12(2)7-8-13-5-3-4-6-14(13)19/h3-6,9,12H,7-8,10H2,1-2H3,(H,17,20)/t12-/m1/s1. The topological polar surface area (TPSA) is 58.4 Å². The van der Waals surface area contributed by atoms with Crippen LogP contribution in [0, 0.1) is 6.92 Å². The third kappa shape index (κ3) is 2.91. The van der Waals surface area contributed by atoms with Crippen LogP contribution in [0.15, 0.2) is 34.9 Å². The molecule has 21 heavy (non-hydrogen) atoms. The lowest BCUT2D eigenvalue weighted by Crippen LogP contribution is -2.42. The fraction of sp³-hybridized carbons (Fsp3) is 0.375. The number of aromatic nitrogens is 1. The van der Waals surface area contributed by atoms with Gasteiger partial charge in [0.05, 0.1) is 12.2 Å². The van der Waals surface area contributed by atoms with E-state index in [1.807, 2.05) is 19.1 Å². The summed E-state index contributed by atoms with van der Waals surface area (Å²) in [6.07, 6.45) is 2.13. The lowest BCUT2D eigenvalue weighted by atomic mass is 9.97. The molecule has 110 valence electrons. The number of carbonyl (C=O) groups is 1. The molecule has 5 nitrogen and oxygen atoms in total. The van der Waals surface area contributed by atoms with Gasteiger partial charge < -0.3 is 9.42 Å². The minimum Gasteiger partial charge on any atom is -0.359 e. The Morgan fingerprint density at radius 2 is 2.29 bits per heavy atom. The quantitative estimate of drug-likeness (QED) is 0.942. The zero-order valence-corrected chi connectivity index (χ0v) is 12.3. The van der Waals surface area contributed by atoms with E-state index < -0.39 is 0 Å². The van der Waals surface area contributed by atoms with Crippen molar-refractivity contribution in [3.63, 3.8) is 0 Å². The molecule has 3 rings (SSSR count). The Kier molecular flexibility index (Phi) is 3.64. The zero-order valence-electron chi connectivity index (χ0n) is 12.3. The summed E-state index contributed by atoms with van der Waals surface area (Å²) in [7, 11) is 0. The number of para-hydroxylation sites is 1. The number of rotatable bonds is 3. The molecule has 1 aliphatic rings. The minimum absolute atomic E-state index is 0.0882. The first kappa shape index (κ1) is 13.7. The summed E-state index contributed by atoms with van der Waals surface area (Å²) in [4.78, 5) is 14.4. The fourth-order valence-electron chi connectivity index (χ4n) is 2.76. The van der Waals surface area contributed by atoms with Crippen LogP contribution in [0.3, 0.4) is 0 Å². The van der Waals surface area contributed by atoms with Crippen molar-refractivity contribution in [3.8, 4) is 0 Å². The Labute approximate surface area is 123 Å². The highest BCUT2D eigenvalue weighted by molar-refractivity contribution is 5.93. The first-order valence-corrected chi connectivity index (χ1v) is 7.21. The van der Waals surface area contributed by atoms with Gasteiger partial charge in [-0.2, -0.15) is 0 Å². The van der Waals surface area contributed by atoms with E-state index >= 15 is 0 Å². The minimum atomic E-state index is -0.0882. The molecule has 1 atom stereocenters. The molecule has 2 heterocycles. The van der Waals surface area contributed by atoms with E-state index in [1.165, 1.54) is 5.56 Å². The third-order valence-electron chi connectivity index (χ3n) is 3.87. The van der Waals surface area contributed by atoms with Gasteiger partial charge in [0.2, 0.25) is 11.8 Å². The number of aryl methyl sites for hydroxylation is 2. The summed E-state index contributed by atoms with van der Waals surface area (Å²) in [5, 5.41) is 6.52. The maximum Gasteiger partial charge on any atom is 0.246 e. The normalized spacial score (nSPS) is 17.4. The van der Waals surface area contributed by atoms with Crippen molar-refractivity contribution in [1.29, 1.82) is 0 Å². The maximum absolute atomic E-state index is 12.2. The van der Waals surface area contributed by atoms with Crippen LogP contribution < -0.4 is 10.2 Å². The predicted molar refractivity (Wildman–Crippen MR) is 81.4 cm³/mol. The smallest absolute Gasteiger partial charge is 0.246 e. The van der Waals surface area contributed by atoms with Gasteiger partial charge in [0.25, 0.3) is 0 Å². The van der Waals surface area contributed by atoms with Crippen molar-refractivity contribution >= 4 is 17.5 Å². The van der Waals surface area contributed by atoms with Crippen molar-refractivity contribution in [2.45, 2.75) is 32.7 Å². The van der Waals surface area contributed by atoms with Crippen LogP contribution in [0.5, 0.6) is 0 Å². The maximum atomic E-state index is 12.2. The number of carbonyl (C=O) groups excluding carboxylic acids is 1. The van der Waals surface area contributed by atoms with Gasteiger partial charge in [-0.25, -0.2) is 0 Å². The molecule has 0 aliphatic carbocycles. The van der Waals surface area contributed by atoms with E-state index in [-0.39, 0.29) is 5.91 Å². The molecule has 0 unspecified atom stereocenters. The summed E-state index contributed by atoms with van der Waals surface area (Å²) < 4.78 is 5.02. The van der Waals surface area contributed by atoms with Crippen molar-refractivity contribution < 1.29 is 9.32 Å². The van der Waals surface area contributed by atoms with E-state index in [9.17, 15) is 4.79 Å². The molecule has 0 saturated heterocycles. The summed E-state index contributed by atoms with van der Waals surface area (Å²) in [6, 6.07) is 10.3. The first-order chi connectivity index (χ1) is 10.1. The van der Waals surface area contributed by atoms with Crippen molar-refractivity contribution in [2.24, 2.45) is 0 Å². The molecule has 5 heteroatoms. The van der Waals surface area contributed by atoms with Gasteiger partial charge in [0.1, 0.15) is 0 Å². The lowest BCUT2D eigenvalue weighted by Gasteiger charge is -2.36. The largest absolute Gasteiger partial charge is 0.359 e. The van der Waals surface area contributed by atoms with Crippen LogP contribution in [0.4, 0.5) is 11.6 Å². The molecule has 0 saturated carbocycles. The first-order valence-electron chi connectivity index (χ1n) is 7.21. The van der Waals surface area contributed by atoms with Gasteiger partial charge in [0.15, 0.2) is 0 Å². The average molecular weight is 285 g/mol. The fourth-order valence-corrected chi connectivity index (χ4v) is 2.76. The number of hydrogen-bond acceptors (Lipinski definition) is 4. The van der Waals surface area contributed by atoms with Crippen molar-refractivity contribution in [2.75, 3.05) is 16.8 Å². The second-order valence-electron chi connectivity index (χ2n) is 5.53. The van der Waals surface area contributed by atoms with Crippen LogP contribution in [-0.4, -0.2) is 23.7 Å². The van der Waals surface area contributed by atoms with Gasteiger partial charge in [0, 0.05) is 17.8 Å². The van der Waals surface area contributed by atoms with Crippen LogP contribution in [0.2, 0.25) is 0 Å². The van der Waals surface area contributed by atoms with Crippen LogP contribution >= 0.6 is 0 Å². The number of amides is 1.